The van der Waals surface area contributed by atoms with Gasteiger partial charge in [0.25, 0.3) is 5.91 Å². The highest BCUT2D eigenvalue weighted by Gasteiger charge is 2.30. The number of rotatable bonds is 7. The molecule has 7 nitrogen and oxygen atoms in total. The van der Waals surface area contributed by atoms with Crippen LogP contribution in [0.25, 0.3) is 0 Å². The number of carbonyl (C=O) groups is 2. The molecule has 1 saturated heterocycles. The molecule has 182 valence electrons. The molecule has 0 unspecified atom stereocenters. The van der Waals surface area contributed by atoms with Crippen LogP contribution in [0.5, 0.6) is 0 Å². The zero-order valence-electron chi connectivity index (χ0n) is 20.4. The zero-order chi connectivity index (χ0) is 24.2. The lowest BCUT2D eigenvalue weighted by Crippen LogP contribution is -2.43. The number of benzene rings is 1. The van der Waals surface area contributed by atoms with Gasteiger partial charge >= 0.3 is 0 Å². The minimum absolute atomic E-state index is 0.0383. The van der Waals surface area contributed by atoms with Crippen LogP contribution in [0.15, 0.2) is 54.9 Å². The molecule has 1 aromatic carbocycles. The van der Waals surface area contributed by atoms with Crippen LogP contribution in [0.1, 0.15) is 57.7 Å². The molecule has 0 saturated carbocycles. The van der Waals surface area contributed by atoms with E-state index in [1.165, 1.54) is 5.56 Å². The highest BCUT2D eigenvalue weighted by atomic mass is 16.2. The molecule has 2 aliphatic rings. The van der Waals surface area contributed by atoms with Gasteiger partial charge in [-0.3, -0.25) is 24.2 Å². The van der Waals surface area contributed by atoms with Gasteiger partial charge < -0.3 is 4.90 Å². The second-order valence-corrected chi connectivity index (χ2v) is 9.62. The number of hydrogen-bond acceptors (Lipinski definition) is 5. The second-order valence-electron chi connectivity index (χ2n) is 9.62. The van der Waals surface area contributed by atoms with Crippen molar-refractivity contribution < 1.29 is 9.59 Å². The van der Waals surface area contributed by atoms with E-state index < -0.39 is 0 Å². The van der Waals surface area contributed by atoms with Gasteiger partial charge in [-0.05, 0) is 63.7 Å². The van der Waals surface area contributed by atoms with Crippen LogP contribution in [0.4, 0.5) is 5.82 Å². The number of carbonyl (C=O) groups excluding carboxylic acids is 2. The topological polar surface area (TPSA) is 71.3 Å². The summed E-state index contributed by atoms with van der Waals surface area (Å²) in [4.78, 5) is 34.9. The number of ketones is 1. The molecule has 5 rings (SSSR count). The van der Waals surface area contributed by atoms with Crippen molar-refractivity contribution in [3.63, 3.8) is 0 Å². The van der Waals surface area contributed by atoms with Gasteiger partial charge in [-0.25, -0.2) is 0 Å². The van der Waals surface area contributed by atoms with Gasteiger partial charge in [-0.1, -0.05) is 30.3 Å². The quantitative estimate of drug-likeness (QED) is 0.488. The third-order valence-corrected chi connectivity index (χ3v) is 7.35. The van der Waals surface area contributed by atoms with Crippen LogP contribution in [0.3, 0.4) is 0 Å². The van der Waals surface area contributed by atoms with Crippen LogP contribution >= 0.6 is 0 Å². The van der Waals surface area contributed by atoms with E-state index >= 15 is 0 Å². The van der Waals surface area contributed by atoms with Gasteiger partial charge in [0.1, 0.15) is 5.82 Å². The molecule has 1 amide bonds. The van der Waals surface area contributed by atoms with Crippen molar-refractivity contribution in [2.75, 3.05) is 31.1 Å². The highest BCUT2D eigenvalue weighted by molar-refractivity contribution is 6.06. The molecule has 0 radical (unpaired) electrons. The lowest BCUT2D eigenvalue weighted by molar-refractivity contribution is 0.0841. The fourth-order valence-corrected chi connectivity index (χ4v) is 5.45. The molecule has 0 spiro atoms. The Morgan fingerprint density at radius 3 is 2.49 bits per heavy atom. The van der Waals surface area contributed by atoms with E-state index in [0.717, 1.165) is 75.2 Å². The van der Waals surface area contributed by atoms with Crippen LogP contribution in [-0.2, 0) is 19.9 Å². The predicted molar refractivity (Wildman–Crippen MR) is 136 cm³/mol. The number of pyridine rings is 1. The fraction of sp³-hybridized carbons (Fsp3) is 0.429. The minimum Gasteiger partial charge on any atom is -0.302 e. The van der Waals surface area contributed by atoms with Crippen molar-refractivity contribution in [1.29, 1.82) is 0 Å². The number of amides is 1. The molecule has 3 aromatic rings. The summed E-state index contributed by atoms with van der Waals surface area (Å²) in [5.41, 5.74) is 3.73. The molecule has 1 aliphatic heterocycles. The summed E-state index contributed by atoms with van der Waals surface area (Å²) in [5.74, 6) is 1.21. The summed E-state index contributed by atoms with van der Waals surface area (Å²) in [5, 5.41) is 4.76. The monoisotopic (exact) mass is 471 g/mol. The van der Waals surface area contributed by atoms with Crippen LogP contribution in [-0.4, -0.2) is 57.5 Å². The predicted octanol–water partition coefficient (Wildman–Crippen LogP) is 3.94. The summed E-state index contributed by atoms with van der Waals surface area (Å²) in [6, 6.07) is 13.2. The van der Waals surface area contributed by atoms with Crippen molar-refractivity contribution in [2.45, 2.75) is 38.5 Å². The van der Waals surface area contributed by atoms with E-state index in [9.17, 15) is 9.59 Å². The Kier molecular flexibility index (Phi) is 7.04. The molecule has 3 heterocycles. The Balaban J connectivity index is 1.29. The largest absolute Gasteiger partial charge is 0.302 e. The molecule has 0 atom stereocenters. The molecule has 0 bridgehead atoms. The number of aromatic nitrogens is 3. The molecule has 0 N–H and O–H groups in total. The Morgan fingerprint density at radius 1 is 1.00 bits per heavy atom. The Bertz CT molecular complexity index is 1170. The first kappa shape index (κ1) is 23.4. The van der Waals surface area contributed by atoms with Gasteiger partial charge in [0.05, 0.1) is 11.3 Å². The van der Waals surface area contributed by atoms with Crippen molar-refractivity contribution in [3.8, 4) is 0 Å². The summed E-state index contributed by atoms with van der Waals surface area (Å²) >= 11 is 0. The molecule has 1 aliphatic carbocycles. The first-order chi connectivity index (χ1) is 17.1. The SMILES string of the molecule is Cn1nc2c(c1N(CCN1CCC(C(=O)c3ccccc3)CC1)C(=O)c1cccnc1)CCCC2. The highest BCUT2D eigenvalue weighted by Crippen LogP contribution is 2.31. The molecule has 35 heavy (non-hydrogen) atoms. The normalized spacial score (nSPS) is 16.6. The van der Waals surface area contributed by atoms with Crippen LogP contribution in [0, 0.1) is 5.92 Å². The maximum absolute atomic E-state index is 13.6. The van der Waals surface area contributed by atoms with Crippen molar-refractivity contribution in [1.82, 2.24) is 19.7 Å². The number of nitrogens with zero attached hydrogens (tertiary/aromatic N) is 5. The van der Waals surface area contributed by atoms with E-state index in [-0.39, 0.29) is 17.6 Å². The Labute approximate surface area is 206 Å². The Morgan fingerprint density at radius 2 is 1.74 bits per heavy atom. The maximum atomic E-state index is 13.6. The molecular weight excluding hydrogens is 438 g/mol. The summed E-state index contributed by atoms with van der Waals surface area (Å²) in [6.07, 6.45) is 9.24. The number of aryl methyl sites for hydroxylation is 2. The van der Waals surface area contributed by atoms with Gasteiger partial charge in [-0.2, -0.15) is 5.10 Å². The third kappa shape index (κ3) is 5.05. The molecule has 2 aromatic heterocycles. The number of likely N-dealkylation sites (tertiary alicyclic amines) is 1. The number of anilines is 1. The number of fused-ring (bicyclic) bond motifs is 1. The third-order valence-electron chi connectivity index (χ3n) is 7.35. The first-order valence-corrected chi connectivity index (χ1v) is 12.7. The molecule has 1 fully saturated rings. The number of Topliss-reactive ketones (excluding diaryl/α,β-unsaturated/α-hetero) is 1. The zero-order valence-corrected chi connectivity index (χ0v) is 20.4. The van der Waals surface area contributed by atoms with Crippen molar-refractivity contribution in [3.05, 3.63) is 77.2 Å². The summed E-state index contributed by atoms with van der Waals surface area (Å²) in [6.45, 7) is 3.07. The van der Waals surface area contributed by atoms with E-state index in [4.69, 9.17) is 5.10 Å². The lowest BCUT2D eigenvalue weighted by Gasteiger charge is -2.33. The standard InChI is InChI=1S/C28H33N5O2/c1-31-27(24-11-5-6-12-25(24)30-31)33(28(35)23-10-7-15-29-20-23)19-18-32-16-13-22(14-17-32)26(34)21-8-3-2-4-9-21/h2-4,7-10,15,20,22H,5-6,11-14,16-19H2,1H3. The minimum atomic E-state index is -0.0383. The van der Waals surface area contributed by atoms with E-state index in [2.05, 4.69) is 9.88 Å². The maximum Gasteiger partial charge on any atom is 0.261 e. The lowest BCUT2D eigenvalue weighted by atomic mass is 9.89. The molecule has 7 heteroatoms. The average Bonchev–Trinajstić information content (AvgIpc) is 3.25. The van der Waals surface area contributed by atoms with E-state index in [0.29, 0.717) is 12.1 Å². The summed E-state index contributed by atoms with van der Waals surface area (Å²) in [7, 11) is 1.94. The van der Waals surface area contributed by atoms with Crippen LogP contribution < -0.4 is 4.90 Å². The number of piperidine rings is 1. The average molecular weight is 472 g/mol. The summed E-state index contributed by atoms with van der Waals surface area (Å²) < 4.78 is 1.88. The van der Waals surface area contributed by atoms with Crippen molar-refractivity contribution in [2.24, 2.45) is 13.0 Å². The molecular formula is C28H33N5O2. The van der Waals surface area contributed by atoms with Gasteiger partial charge in [0.2, 0.25) is 0 Å². The first-order valence-electron chi connectivity index (χ1n) is 12.7. The smallest absolute Gasteiger partial charge is 0.261 e. The van der Waals surface area contributed by atoms with Gasteiger partial charge in [-0.15, -0.1) is 0 Å². The van der Waals surface area contributed by atoms with Gasteiger partial charge in [0, 0.05) is 49.6 Å². The fourth-order valence-electron chi connectivity index (χ4n) is 5.45. The van der Waals surface area contributed by atoms with Gasteiger partial charge in [0.15, 0.2) is 5.78 Å². The number of hydrogen-bond donors (Lipinski definition) is 0. The van der Waals surface area contributed by atoms with E-state index in [1.807, 2.05) is 53.0 Å². The van der Waals surface area contributed by atoms with Crippen LogP contribution in [0.2, 0.25) is 0 Å². The van der Waals surface area contributed by atoms with E-state index in [1.54, 1.807) is 18.5 Å². The van der Waals surface area contributed by atoms with Crippen molar-refractivity contribution >= 4 is 17.5 Å². The second kappa shape index (κ2) is 10.5. The Hall–Kier alpha value is -3.32.